The van der Waals surface area contributed by atoms with E-state index < -0.39 is 0 Å². The minimum atomic E-state index is 0.853. The van der Waals surface area contributed by atoms with Crippen LogP contribution < -0.4 is 4.74 Å². The third-order valence-electron chi connectivity index (χ3n) is 3.82. The summed E-state index contributed by atoms with van der Waals surface area (Å²) in [5.41, 5.74) is 2.91. The largest absolute Gasteiger partial charge is 0.498 e. The zero-order chi connectivity index (χ0) is 13.1. The summed E-state index contributed by atoms with van der Waals surface area (Å²) in [7, 11) is 1.07. The molecule has 0 saturated heterocycles. The average molecular weight is 268 g/mol. The van der Waals surface area contributed by atoms with Gasteiger partial charge in [0.1, 0.15) is 5.75 Å². The third-order valence-corrected chi connectivity index (χ3v) is 4.11. The number of hydrogen-bond acceptors (Lipinski definition) is 1. The summed E-state index contributed by atoms with van der Waals surface area (Å²) in [4.78, 5) is 0. The fourth-order valence-electron chi connectivity index (χ4n) is 2.92. The van der Waals surface area contributed by atoms with Crippen molar-refractivity contribution in [3.8, 4) is 5.75 Å². The quantitative estimate of drug-likeness (QED) is 0.774. The number of ether oxygens (including phenoxy) is 1. The Morgan fingerprint density at radius 3 is 2.58 bits per heavy atom. The molecule has 0 fully saturated rings. The van der Waals surface area contributed by atoms with E-state index in [1.54, 1.807) is 0 Å². The molecule has 2 aromatic carbocycles. The second-order valence-electron chi connectivity index (χ2n) is 5.07. The fraction of sp³-hybridized carbons (Fsp3) is 0.294. The highest BCUT2D eigenvalue weighted by Crippen LogP contribution is 2.35. The molecule has 3 rings (SSSR count). The van der Waals surface area contributed by atoms with Gasteiger partial charge in [-0.15, -0.1) is 0 Å². The smallest absolute Gasteiger partial charge is 0.126 e. The molecule has 0 radical (unpaired) electrons. The van der Waals surface area contributed by atoms with Gasteiger partial charge >= 0.3 is 0 Å². The SMILES string of the molecule is [SiH3]COc1ccc(C2=CCCCC2)c2ccccc12. The minimum absolute atomic E-state index is 0.853. The van der Waals surface area contributed by atoms with E-state index in [1.165, 1.54) is 47.6 Å². The van der Waals surface area contributed by atoms with Crippen LogP contribution in [-0.2, 0) is 0 Å². The van der Waals surface area contributed by atoms with E-state index in [-0.39, 0.29) is 0 Å². The fourth-order valence-corrected chi connectivity index (χ4v) is 3.23. The Hall–Kier alpha value is -1.54. The van der Waals surface area contributed by atoms with E-state index >= 15 is 0 Å². The van der Waals surface area contributed by atoms with Crippen LogP contribution in [0.25, 0.3) is 16.3 Å². The normalized spacial score (nSPS) is 15.5. The molecule has 98 valence electrons. The molecule has 0 spiro atoms. The monoisotopic (exact) mass is 268 g/mol. The molecule has 2 aromatic rings. The van der Waals surface area contributed by atoms with Gasteiger partial charge in [-0.05, 0) is 48.3 Å². The van der Waals surface area contributed by atoms with Gasteiger partial charge in [0.2, 0.25) is 0 Å². The number of rotatable bonds is 3. The second kappa shape index (κ2) is 5.62. The molecule has 2 heteroatoms. The van der Waals surface area contributed by atoms with Crippen LogP contribution >= 0.6 is 0 Å². The van der Waals surface area contributed by atoms with Crippen LogP contribution in [-0.4, -0.2) is 16.5 Å². The van der Waals surface area contributed by atoms with Crippen LogP contribution in [0.1, 0.15) is 31.2 Å². The van der Waals surface area contributed by atoms with Crippen molar-refractivity contribution in [2.45, 2.75) is 25.7 Å². The molecular weight excluding hydrogens is 248 g/mol. The van der Waals surface area contributed by atoms with Gasteiger partial charge in [0.25, 0.3) is 0 Å². The second-order valence-corrected chi connectivity index (χ2v) is 5.64. The topological polar surface area (TPSA) is 9.23 Å². The van der Waals surface area contributed by atoms with Crippen molar-refractivity contribution in [2.24, 2.45) is 0 Å². The molecule has 0 saturated carbocycles. The van der Waals surface area contributed by atoms with E-state index in [2.05, 4.69) is 42.5 Å². The molecule has 0 bridgehead atoms. The lowest BCUT2D eigenvalue weighted by Gasteiger charge is -2.17. The highest BCUT2D eigenvalue weighted by molar-refractivity contribution is 6.08. The third kappa shape index (κ3) is 2.45. The first-order valence-electron chi connectivity index (χ1n) is 7.24. The van der Waals surface area contributed by atoms with Crippen LogP contribution in [0.15, 0.2) is 42.5 Å². The van der Waals surface area contributed by atoms with Gasteiger partial charge in [-0.3, -0.25) is 0 Å². The van der Waals surface area contributed by atoms with E-state index in [9.17, 15) is 0 Å². The number of benzene rings is 2. The Kier molecular flexibility index (Phi) is 3.69. The molecule has 0 aliphatic heterocycles. The molecule has 1 aliphatic rings. The molecule has 0 heterocycles. The predicted molar refractivity (Wildman–Crippen MR) is 85.8 cm³/mol. The maximum Gasteiger partial charge on any atom is 0.126 e. The number of fused-ring (bicyclic) bond motifs is 1. The van der Waals surface area contributed by atoms with Gasteiger partial charge < -0.3 is 4.74 Å². The molecule has 19 heavy (non-hydrogen) atoms. The lowest BCUT2D eigenvalue weighted by Crippen LogP contribution is -1.98. The van der Waals surface area contributed by atoms with Crippen molar-refractivity contribution in [2.75, 3.05) is 6.23 Å². The number of hydrogen-bond donors (Lipinski definition) is 0. The van der Waals surface area contributed by atoms with Gasteiger partial charge in [-0.25, -0.2) is 0 Å². The molecule has 0 aromatic heterocycles. The first-order chi connectivity index (χ1) is 9.40. The van der Waals surface area contributed by atoms with Crippen molar-refractivity contribution >= 4 is 26.6 Å². The van der Waals surface area contributed by atoms with Crippen molar-refractivity contribution in [1.29, 1.82) is 0 Å². The van der Waals surface area contributed by atoms with Crippen molar-refractivity contribution in [3.63, 3.8) is 0 Å². The molecule has 0 N–H and O–H groups in total. The highest BCUT2D eigenvalue weighted by atomic mass is 28.1. The van der Waals surface area contributed by atoms with Crippen LogP contribution in [0, 0.1) is 0 Å². The first kappa shape index (κ1) is 12.5. The summed E-state index contributed by atoms with van der Waals surface area (Å²) in [5, 5.41) is 2.59. The summed E-state index contributed by atoms with van der Waals surface area (Å²) < 4.78 is 5.80. The van der Waals surface area contributed by atoms with Crippen molar-refractivity contribution in [1.82, 2.24) is 0 Å². The Labute approximate surface area is 117 Å². The predicted octanol–water partition coefficient (Wildman–Crippen LogP) is 3.50. The Balaban J connectivity index is 2.16. The summed E-state index contributed by atoms with van der Waals surface area (Å²) in [6.07, 6.45) is 8.36. The summed E-state index contributed by atoms with van der Waals surface area (Å²) in [5.74, 6) is 1.03. The summed E-state index contributed by atoms with van der Waals surface area (Å²) >= 11 is 0. The van der Waals surface area contributed by atoms with Crippen LogP contribution in [0.2, 0.25) is 0 Å². The van der Waals surface area contributed by atoms with E-state index in [0.717, 1.165) is 22.2 Å². The minimum Gasteiger partial charge on any atom is -0.498 e. The van der Waals surface area contributed by atoms with Crippen molar-refractivity contribution < 1.29 is 4.74 Å². The molecule has 0 amide bonds. The Morgan fingerprint density at radius 2 is 1.84 bits per heavy atom. The Bertz CT molecular complexity index is 616. The van der Waals surface area contributed by atoms with Crippen LogP contribution in [0.5, 0.6) is 5.75 Å². The zero-order valence-corrected chi connectivity index (χ0v) is 13.5. The molecule has 1 nitrogen and oxygen atoms in total. The lowest BCUT2D eigenvalue weighted by atomic mass is 9.90. The summed E-state index contributed by atoms with van der Waals surface area (Å²) in [6, 6.07) is 13.0. The average Bonchev–Trinajstić information content (AvgIpc) is 2.49. The van der Waals surface area contributed by atoms with Crippen LogP contribution in [0.3, 0.4) is 0 Å². The molecule has 1 aliphatic carbocycles. The van der Waals surface area contributed by atoms with Gasteiger partial charge in [0.05, 0.1) is 16.5 Å². The molecule has 0 atom stereocenters. The zero-order valence-electron chi connectivity index (χ0n) is 11.5. The van der Waals surface area contributed by atoms with Crippen molar-refractivity contribution in [3.05, 3.63) is 48.0 Å². The first-order valence-corrected chi connectivity index (χ1v) is 8.65. The van der Waals surface area contributed by atoms with Crippen LogP contribution in [0.4, 0.5) is 0 Å². The van der Waals surface area contributed by atoms with Gasteiger partial charge in [0.15, 0.2) is 0 Å². The van der Waals surface area contributed by atoms with E-state index in [0.29, 0.717) is 0 Å². The Morgan fingerprint density at radius 1 is 1.00 bits per heavy atom. The molecule has 0 unspecified atom stereocenters. The molecular formula is C17H20OSi. The van der Waals surface area contributed by atoms with E-state index in [1.807, 2.05) is 0 Å². The maximum atomic E-state index is 5.80. The van der Waals surface area contributed by atoms with Gasteiger partial charge in [0, 0.05) is 5.39 Å². The summed E-state index contributed by atoms with van der Waals surface area (Å²) in [6.45, 7) is 0. The maximum absolute atomic E-state index is 5.80. The van der Waals surface area contributed by atoms with E-state index in [4.69, 9.17) is 4.74 Å². The lowest BCUT2D eigenvalue weighted by molar-refractivity contribution is 0.392. The van der Waals surface area contributed by atoms with Gasteiger partial charge in [-0.2, -0.15) is 0 Å². The standard InChI is InChI=1S/C17H20OSi/c19-12-18-17-11-10-14(13-6-2-1-3-7-13)15-8-4-5-9-16(15)17/h4-6,8-11H,1-3,7,12H2,19H3. The number of allylic oxidation sites excluding steroid dienone is 2. The van der Waals surface area contributed by atoms with Gasteiger partial charge in [-0.1, -0.05) is 36.4 Å². The highest BCUT2D eigenvalue weighted by Gasteiger charge is 2.11.